The van der Waals surface area contributed by atoms with Crippen LogP contribution in [-0.4, -0.2) is 52.7 Å². The second-order valence-electron chi connectivity index (χ2n) is 11.3. The Morgan fingerprint density at radius 1 is 0.976 bits per heavy atom. The van der Waals surface area contributed by atoms with Crippen molar-refractivity contribution >= 4 is 58.1 Å². The van der Waals surface area contributed by atoms with E-state index in [1.807, 2.05) is 24.3 Å². The van der Waals surface area contributed by atoms with Crippen molar-refractivity contribution in [1.82, 2.24) is 4.90 Å². The first-order valence-corrected chi connectivity index (χ1v) is 14.3. The number of rotatable bonds is 6. The number of hydrogen-bond donors (Lipinski definition) is 2. The predicted molar refractivity (Wildman–Crippen MR) is 153 cm³/mol. The van der Waals surface area contributed by atoms with Gasteiger partial charge in [-0.15, -0.1) is 0 Å². The lowest BCUT2D eigenvalue weighted by Crippen LogP contribution is -2.54. The van der Waals surface area contributed by atoms with Gasteiger partial charge in [-0.05, 0) is 72.9 Å². The molecule has 0 radical (unpaired) electrons. The van der Waals surface area contributed by atoms with E-state index in [0.717, 1.165) is 24.0 Å². The van der Waals surface area contributed by atoms with E-state index < -0.39 is 29.1 Å². The monoisotopic (exact) mass is 589 g/mol. The number of amides is 2. The first kappa shape index (κ1) is 26.2. The normalized spacial score (nSPS) is 26.8. The van der Waals surface area contributed by atoms with Gasteiger partial charge in [0.05, 0.1) is 5.92 Å². The number of benzene rings is 3. The number of carboxylic acid groups (broad SMARTS) is 1. The van der Waals surface area contributed by atoms with Crippen molar-refractivity contribution in [1.29, 1.82) is 0 Å². The van der Waals surface area contributed by atoms with Gasteiger partial charge < -0.3 is 15.3 Å². The van der Waals surface area contributed by atoms with E-state index >= 15 is 0 Å². The second kappa shape index (κ2) is 9.41. The van der Waals surface area contributed by atoms with Crippen molar-refractivity contribution in [3.05, 3.63) is 93.5 Å². The number of halogens is 2. The Balaban J connectivity index is 1.37. The molecule has 3 heterocycles. The highest BCUT2D eigenvalue weighted by molar-refractivity contribution is 6.39. The van der Waals surface area contributed by atoms with Crippen molar-refractivity contribution in [2.75, 3.05) is 23.3 Å². The molecule has 2 N–H and O–H groups in total. The SMILES string of the molecule is O=C(O)C(=O)c1ccc(N2C[C@H]3[C@@H](C2=O)[C@H](c2cccc(Cl)c2)[C@]2(C(=O)Nc4cc(Cl)ccc42)N3CC2CC2)cc1. The predicted octanol–water partition coefficient (Wildman–Crippen LogP) is 4.95. The number of carbonyl (C=O) groups is 4. The summed E-state index contributed by atoms with van der Waals surface area (Å²) in [7, 11) is 0. The zero-order chi connectivity index (χ0) is 28.6. The molecule has 4 atom stereocenters. The molecule has 7 rings (SSSR count). The van der Waals surface area contributed by atoms with E-state index in [2.05, 4.69) is 10.2 Å². The Morgan fingerprint density at radius 3 is 2.39 bits per heavy atom. The molecular formula is C31H25Cl2N3O5. The summed E-state index contributed by atoms with van der Waals surface area (Å²) in [5.41, 5.74) is 1.75. The molecule has 3 aromatic carbocycles. The van der Waals surface area contributed by atoms with Gasteiger partial charge in [-0.2, -0.15) is 0 Å². The maximum Gasteiger partial charge on any atom is 0.377 e. The molecule has 41 heavy (non-hydrogen) atoms. The van der Waals surface area contributed by atoms with Crippen LogP contribution in [0.5, 0.6) is 0 Å². The van der Waals surface area contributed by atoms with Crippen molar-refractivity contribution in [3.63, 3.8) is 0 Å². The number of hydrogen-bond acceptors (Lipinski definition) is 5. The Kier molecular flexibility index (Phi) is 6.01. The van der Waals surface area contributed by atoms with Crippen LogP contribution in [0, 0.1) is 11.8 Å². The van der Waals surface area contributed by atoms with E-state index in [0.29, 0.717) is 40.4 Å². The third-order valence-electron chi connectivity index (χ3n) is 8.98. The molecule has 0 aromatic heterocycles. The number of Topliss-reactive ketones (excluding diaryl/α,β-unsaturated/α-hetero) is 1. The highest BCUT2D eigenvalue weighted by Gasteiger charge is 2.71. The van der Waals surface area contributed by atoms with Gasteiger partial charge in [0.15, 0.2) is 0 Å². The van der Waals surface area contributed by atoms with Crippen molar-refractivity contribution in [2.24, 2.45) is 11.8 Å². The van der Waals surface area contributed by atoms with Crippen LogP contribution in [0.1, 0.15) is 40.2 Å². The zero-order valence-electron chi connectivity index (χ0n) is 21.7. The minimum Gasteiger partial charge on any atom is -0.475 e. The Bertz CT molecular complexity index is 1640. The van der Waals surface area contributed by atoms with Gasteiger partial charge in [-0.1, -0.05) is 41.4 Å². The fraction of sp³-hybridized carbons (Fsp3) is 0.290. The lowest BCUT2D eigenvalue weighted by molar-refractivity contribution is -0.132. The minimum atomic E-state index is -1.54. The molecule has 3 aliphatic heterocycles. The summed E-state index contributed by atoms with van der Waals surface area (Å²) in [6, 6.07) is 18.6. The molecule has 0 unspecified atom stereocenters. The van der Waals surface area contributed by atoms with Crippen molar-refractivity contribution in [2.45, 2.75) is 30.3 Å². The van der Waals surface area contributed by atoms with Gasteiger partial charge in [0.1, 0.15) is 5.54 Å². The molecule has 1 aliphatic carbocycles. The average molecular weight is 590 g/mol. The number of fused-ring (bicyclic) bond motifs is 3. The maximum absolute atomic E-state index is 14.4. The second-order valence-corrected chi connectivity index (χ2v) is 12.1. The number of carboxylic acids is 1. The minimum absolute atomic E-state index is 0.0390. The van der Waals surface area contributed by atoms with Crippen LogP contribution in [0.15, 0.2) is 66.7 Å². The first-order valence-electron chi connectivity index (χ1n) is 13.5. The molecule has 0 bridgehead atoms. The summed E-state index contributed by atoms with van der Waals surface area (Å²) in [6.07, 6.45) is 2.13. The number of likely N-dealkylation sites (tertiary alicyclic amines) is 1. The van der Waals surface area contributed by atoms with Crippen molar-refractivity contribution in [3.8, 4) is 0 Å². The lowest BCUT2D eigenvalue weighted by Gasteiger charge is -2.41. The molecule has 2 amide bonds. The van der Waals surface area contributed by atoms with Crippen LogP contribution < -0.4 is 10.2 Å². The molecule has 1 spiro atoms. The summed E-state index contributed by atoms with van der Waals surface area (Å²) >= 11 is 12.8. The fourth-order valence-corrected chi connectivity index (χ4v) is 7.50. The number of anilines is 2. The highest BCUT2D eigenvalue weighted by Crippen LogP contribution is 2.62. The first-order chi connectivity index (χ1) is 19.7. The Morgan fingerprint density at radius 2 is 1.71 bits per heavy atom. The van der Waals surface area contributed by atoms with Gasteiger partial charge in [0.25, 0.3) is 5.78 Å². The number of nitrogens with zero attached hydrogens (tertiary/aromatic N) is 2. The van der Waals surface area contributed by atoms with Crippen LogP contribution in [0.25, 0.3) is 0 Å². The summed E-state index contributed by atoms with van der Waals surface area (Å²) in [5.74, 6) is -3.51. The van der Waals surface area contributed by atoms with Gasteiger partial charge in [0, 0.05) is 57.6 Å². The molecule has 3 aromatic rings. The summed E-state index contributed by atoms with van der Waals surface area (Å²) in [5, 5.41) is 13.2. The molecule has 8 nitrogen and oxygen atoms in total. The summed E-state index contributed by atoms with van der Waals surface area (Å²) in [4.78, 5) is 55.7. The molecular weight excluding hydrogens is 565 g/mol. The fourth-order valence-electron chi connectivity index (χ4n) is 7.13. The molecule has 208 valence electrons. The highest BCUT2D eigenvalue weighted by atomic mass is 35.5. The largest absolute Gasteiger partial charge is 0.475 e. The number of carbonyl (C=O) groups excluding carboxylic acids is 3. The van der Waals surface area contributed by atoms with Crippen LogP contribution >= 0.6 is 23.2 Å². The van der Waals surface area contributed by atoms with Crippen LogP contribution in [0.2, 0.25) is 10.0 Å². The zero-order valence-corrected chi connectivity index (χ0v) is 23.2. The Labute approximate surface area is 245 Å². The van der Waals surface area contributed by atoms with Gasteiger partial charge in [-0.3, -0.25) is 19.3 Å². The molecule has 3 fully saturated rings. The van der Waals surface area contributed by atoms with Crippen molar-refractivity contribution < 1.29 is 24.3 Å². The number of aliphatic carboxylic acids is 1. The third-order valence-corrected chi connectivity index (χ3v) is 9.45. The van der Waals surface area contributed by atoms with E-state index in [4.69, 9.17) is 28.3 Å². The summed E-state index contributed by atoms with van der Waals surface area (Å²) in [6.45, 7) is 1.01. The molecule has 10 heteroatoms. The standard InChI is InChI=1S/C31H25Cl2N3O5/c32-19-3-1-2-18(12-19)26-25-24(15-35(28(25)38)21-9-6-17(7-10-21)27(37)29(39)40)36(14-16-4-5-16)31(26)22-11-8-20(33)13-23(22)34-30(31)41/h1-3,6-13,16,24-26H,4-5,14-15H2,(H,34,41)(H,39,40)/t24-,25+,26-,31+/m0/s1. The van der Waals surface area contributed by atoms with E-state index in [1.165, 1.54) is 12.1 Å². The van der Waals surface area contributed by atoms with E-state index in [-0.39, 0.29) is 23.4 Å². The average Bonchev–Trinajstić information content (AvgIpc) is 3.57. The maximum atomic E-state index is 14.4. The molecule has 2 saturated heterocycles. The smallest absolute Gasteiger partial charge is 0.377 e. The quantitative estimate of drug-likeness (QED) is 0.311. The van der Waals surface area contributed by atoms with Gasteiger partial charge in [0.2, 0.25) is 11.8 Å². The summed E-state index contributed by atoms with van der Waals surface area (Å²) < 4.78 is 0. The number of nitrogens with one attached hydrogen (secondary N) is 1. The van der Waals surface area contributed by atoms with E-state index in [1.54, 1.807) is 35.2 Å². The third kappa shape index (κ3) is 3.92. The van der Waals surface area contributed by atoms with Crippen LogP contribution in [0.3, 0.4) is 0 Å². The molecule has 1 saturated carbocycles. The Hall–Kier alpha value is -3.72. The van der Waals surface area contributed by atoms with Gasteiger partial charge >= 0.3 is 5.97 Å². The van der Waals surface area contributed by atoms with Gasteiger partial charge in [-0.25, -0.2) is 4.79 Å². The topological polar surface area (TPSA) is 107 Å². The lowest BCUT2D eigenvalue weighted by atomic mass is 9.71. The molecule has 4 aliphatic rings. The van der Waals surface area contributed by atoms with E-state index in [9.17, 15) is 19.2 Å². The van der Waals surface area contributed by atoms with Crippen LogP contribution in [0.4, 0.5) is 11.4 Å². The number of ketones is 1. The van der Waals surface area contributed by atoms with Crippen LogP contribution in [-0.2, 0) is 19.9 Å².